The summed E-state index contributed by atoms with van der Waals surface area (Å²) in [7, 11) is -4.14. The van der Waals surface area contributed by atoms with Crippen LogP contribution in [-0.2, 0) is 47.5 Å². The summed E-state index contributed by atoms with van der Waals surface area (Å²) < 4.78 is 40.5. The first-order chi connectivity index (χ1) is 9.73. The van der Waals surface area contributed by atoms with Crippen molar-refractivity contribution in [3.8, 4) is 0 Å². The summed E-state index contributed by atoms with van der Waals surface area (Å²) >= 11 is 0. The lowest BCUT2D eigenvalue weighted by Gasteiger charge is -2.13. The molecule has 0 bridgehead atoms. The minimum Gasteiger partial charge on any atom is -0.370 e. The summed E-state index contributed by atoms with van der Waals surface area (Å²) in [6.07, 6.45) is -0.194. The van der Waals surface area contributed by atoms with Crippen LogP contribution in [0.3, 0.4) is 0 Å². The third kappa shape index (κ3) is 5.70. The Morgan fingerprint density at radius 1 is 0.750 bits per heavy atom. The number of epoxide rings is 3. The molecule has 3 heterocycles. The van der Waals surface area contributed by atoms with Gasteiger partial charge in [-0.1, -0.05) is 0 Å². The molecule has 3 unspecified atom stereocenters. The highest BCUT2D eigenvalue weighted by atomic mass is 31.2. The van der Waals surface area contributed by atoms with Gasteiger partial charge < -0.3 is 14.2 Å². The molecule has 116 valence electrons. The smallest absolute Gasteiger partial charge is 0.370 e. The third-order valence-electron chi connectivity index (χ3n) is 2.40. The van der Waals surface area contributed by atoms with Crippen LogP contribution in [0.4, 0.5) is 0 Å². The van der Waals surface area contributed by atoms with Gasteiger partial charge in [0.25, 0.3) is 0 Å². The zero-order valence-corrected chi connectivity index (χ0v) is 11.4. The summed E-state index contributed by atoms with van der Waals surface area (Å²) in [5, 5.41) is 0. The van der Waals surface area contributed by atoms with Gasteiger partial charge in [0.05, 0.1) is 19.8 Å². The molecule has 0 aromatic rings. The van der Waals surface area contributed by atoms with Gasteiger partial charge in [0.15, 0.2) is 0 Å². The summed E-state index contributed by atoms with van der Waals surface area (Å²) in [5.41, 5.74) is 0. The van der Waals surface area contributed by atoms with E-state index in [1.165, 1.54) is 0 Å². The molecule has 0 aromatic heterocycles. The van der Waals surface area contributed by atoms with E-state index >= 15 is 0 Å². The number of rotatable bonds is 12. The van der Waals surface area contributed by atoms with Gasteiger partial charge in [0, 0.05) is 0 Å². The molecular weight excluding hydrogens is 299 g/mol. The number of hydrogen-bond acceptors (Lipinski definition) is 10. The molecule has 0 aromatic carbocycles. The summed E-state index contributed by atoms with van der Waals surface area (Å²) in [6, 6.07) is 0. The van der Waals surface area contributed by atoms with Gasteiger partial charge in [-0.05, 0) is 0 Å². The number of hydrogen-bond donors (Lipinski definition) is 0. The minimum atomic E-state index is -4.14. The van der Waals surface area contributed by atoms with Gasteiger partial charge in [-0.25, -0.2) is 19.2 Å². The van der Waals surface area contributed by atoms with Crippen LogP contribution in [0.1, 0.15) is 0 Å². The first-order valence-corrected chi connectivity index (χ1v) is 7.58. The van der Waals surface area contributed by atoms with E-state index in [9.17, 15) is 4.57 Å². The maximum Gasteiger partial charge on any atom is 0.556 e. The van der Waals surface area contributed by atoms with Gasteiger partial charge in [-0.3, -0.25) is 0 Å². The zero-order valence-electron chi connectivity index (χ0n) is 10.5. The Hall–Kier alpha value is -0.130. The average molecular weight is 314 g/mol. The van der Waals surface area contributed by atoms with Gasteiger partial charge >= 0.3 is 7.82 Å². The lowest BCUT2D eigenvalue weighted by molar-refractivity contribution is -0.326. The van der Waals surface area contributed by atoms with E-state index in [1.54, 1.807) is 0 Å². The topological polar surface area (TPSA) is 110 Å². The Balaban J connectivity index is 1.36. The van der Waals surface area contributed by atoms with Crippen LogP contribution in [0.5, 0.6) is 0 Å². The first-order valence-electron chi connectivity index (χ1n) is 6.12. The molecule has 0 radical (unpaired) electrons. The highest BCUT2D eigenvalue weighted by Gasteiger charge is 2.36. The van der Waals surface area contributed by atoms with Crippen molar-refractivity contribution in [2.75, 3.05) is 39.6 Å². The predicted molar refractivity (Wildman–Crippen MR) is 57.9 cm³/mol. The summed E-state index contributed by atoms with van der Waals surface area (Å²) in [6.45, 7) is 2.03. The lowest BCUT2D eigenvalue weighted by atomic mass is 10.5. The fourth-order valence-electron chi connectivity index (χ4n) is 1.04. The lowest BCUT2D eigenvalue weighted by Crippen LogP contribution is -2.09. The molecule has 3 aliphatic heterocycles. The number of ether oxygens (including phenoxy) is 3. The molecule has 0 amide bonds. The molecule has 10 nitrogen and oxygen atoms in total. The van der Waals surface area contributed by atoms with Crippen molar-refractivity contribution >= 4 is 7.82 Å². The second-order valence-corrected chi connectivity index (χ2v) is 5.73. The standard InChI is InChI=1S/C9H15O10P/c10-20(17-14-4-7-1-11-7,18-15-5-8-2-12-8)19-16-6-9-3-13-9/h7-9H,1-6H2. The Morgan fingerprint density at radius 3 is 1.30 bits per heavy atom. The largest absolute Gasteiger partial charge is 0.556 e. The van der Waals surface area contributed by atoms with Crippen molar-refractivity contribution in [2.24, 2.45) is 0 Å². The van der Waals surface area contributed by atoms with E-state index in [2.05, 4.69) is 14.0 Å². The average Bonchev–Trinajstić information content (AvgIpc) is 3.24. The molecule has 0 saturated carbocycles. The molecular formula is C9H15O10P. The summed E-state index contributed by atoms with van der Waals surface area (Å²) in [4.78, 5) is 14.1. The Kier molecular flexibility index (Phi) is 5.00. The molecule has 11 heteroatoms. The minimum absolute atomic E-state index is 0.0648. The monoisotopic (exact) mass is 314 g/mol. The van der Waals surface area contributed by atoms with Crippen molar-refractivity contribution in [1.29, 1.82) is 0 Å². The van der Waals surface area contributed by atoms with Crippen molar-refractivity contribution in [1.82, 2.24) is 0 Å². The second kappa shape index (κ2) is 6.75. The van der Waals surface area contributed by atoms with Crippen LogP contribution in [0, 0.1) is 0 Å². The maximum atomic E-state index is 12.1. The van der Waals surface area contributed by atoms with Crippen LogP contribution >= 0.6 is 7.82 Å². The molecule has 20 heavy (non-hydrogen) atoms. The molecule has 3 aliphatic rings. The van der Waals surface area contributed by atoms with Crippen LogP contribution in [0.2, 0.25) is 0 Å². The van der Waals surface area contributed by atoms with Crippen molar-refractivity contribution in [3.05, 3.63) is 0 Å². The van der Waals surface area contributed by atoms with Gasteiger partial charge in [0.2, 0.25) is 0 Å². The van der Waals surface area contributed by atoms with Crippen LogP contribution in [0.15, 0.2) is 0 Å². The van der Waals surface area contributed by atoms with Crippen LogP contribution in [-0.4, -0.2) is 58.0 Å². The van der Waals surface area contributed by atoms with Gasteiger partial charge in [0.1, 0.15) is 38.1 Å². The fraction of sp³-hybridized carbons (Fsp3) is 1.00. The molecule has 0 spiro atoms. The molecule has 0 N–H and O–H groups in total. The highest BCUT2D eigenvalue weighted by molar-refractivity contribution is 7.48. The number of phosphoric acid groups is 1. The predicted octanol–water partition coefficient (Wildman–Crippen LogP) is 0.135. The third-order valence-corrected chi connectivity index (χ3v) is 3.26. The Morgan fingerprint density at radius 2 is 1.05 bits per heavy atom. The zero-order chi connectivity index (χ0) is 13.8. The summed E-state index contributed by atoms with van der Waals surface area (Å²) in [5.74, 6) is 0. The molecule has 0 aliphatic carbocycles. The van der Waals surface area contributed by atoms with Crippen molar-refractivity contribution in [2.45, 2.75) is 18.3 Å². The molecule has 3 saturated heterocycles. The first kappa shape index (κ1) is 14.8. The van der Waals surface area contributed by atoms with Crippen molar-refractivity contribution < 1.29 is 47.5 Å². The molecule has 3 rings (SSSR count). The van der Waals surface area contributed by atoms with E-state index in [0.717, 1.165) is 0 Å². The Bertz CT molecular complexity index is 300. The van der Waals surface area contributed by atoms with Gasteiger partial charge in [-0.2, -0.15) is 0 Å². The fourth-order valence-corrected chi connectivity index (χ4v) is 1.69. The molecule has 3 fully saturated rings. The van der Waals surface area contributed by atoms with Gasteiger partial charge in [-0.15, -0.1) is 14.0 Å². The van der Waals surface area contributed by atoms with E-state index in [-0.39, 0.29) is 38.1 Å². The molecule has 3 atom stereocenters. The van der Waals surface area contributed by atoms with Crippen LogP contribution < -0.4 is 0 Å². The second-order valence-electron chi connectivity index (χ2n) is 4.39. The van der Waals surface area contributed by atoms with Crippen molar-refractivity contribution in [3.63, 3.8) is 0 Å². The highest BCUT2D eigenvalue weighted by Crippen LogP contribution is 2.50. The SMILES string of the molecule is O=P(OOCC1CO1)(OOCC1CO1)OOCC1CO1. The van der Waals surface area contributed by atoms with Crippen LogP contribution in [0.25, 0.3) is 0 Å². The quantitative estimate of drug-likeness (QED) is 0.213. The Labute approximate surface area is 114 Å². The normalized spacial score (nSPS) is 33.7. The van der Waals surface area contributed by atoms with E-state index in [1.807, 2.05) is 0 Å². The van der Waals surface area contributed by atoms with E-state index in [0.29, 0.717) is 19.8 Å². The van der Waals surface area contributed by atoms with E-state index < -0.39 is 7.82 Å². The van der Waals surface area contributed by atoms with E-state index in [4.69, 9.17) is 28.9 Å². The maximum absolute atomic E-state index is 12.1.